The molecule has 0 spiro atoms. The highest BCUT2D eigenvalue weighted by atomic mass is 32.2. The van der Waals surface area contributed by atoms with Crippen LogP contribution < -0.4 is 0 Å². The van der Waals surface area contributed by atoms with Crippen LogP contribution in [0.2, 0.25) is 0 Å². The van der Waals surface area contributed by atoms with E-state index in [0.717, 1.165) is 4.90 Å². The number of rotatable bonds is 1. The average molecular weight is 292 g/mol. The first kappa shape index (κ1) is 14.1. The highest BCUT2D eigenvalue weighted by molar-refractivity contribution is 7.91. The van der Waals surface area contributed by atoms with Gasteiger partial charge in [0.25, 0.3) is 0 Å². The maximum Gasteiger partial charge on any atom is 0.326 e. The van der Waals surface area contributed by atoms with E-state index >= 15 is 0 Å². The predicted octanol–water partition coefficient (Wildman–Crippen LogP) is -1.64. The van der Waals surface area contributed by atoms with Crippen LogP contribution in [0.1, 0.15) is 6.42 Å². The van der Waals surface area contributed by atoms with Crippen LogP contribution in [-0.2, 0) is 14.6 Å². The molecule has 19 heavy (non-hydrogen) atoms. The molecule has 0 aromatic heterocycles. The lowest BCUT2D eigenvalue weighted by Crippen LogP contribution is -2.52. The molecular weight excluding hydrogens is 276 g/mol. The van der Waals surface area contributed by atoms with Crippen LogP contribution in [0.5, 0.6) is 0 Å². The van der Waals surface area contributed by atoms with E-state index in [-0.39, 0.29) is 37.6 Å². The fourth-order valence-corrected chi connectivity index (χ4v) is 3.55. The van der Waals surface area contributed by atoms with Crippen molar-refractivity contribution < 1.29 is 28.2 Å². The standard InChI is InChI=1S/C10H16N2O6S/c13-7-5-8(9(14)15)12(6-7)10(16)11-1-3-19(17,18)4-2-11/h7-8,13H,1-6H2,(H,14,15). The Labute approximate surface area is 110 Å². The normalized spacial score (nSPS) is 30.4. The molecule has 0 aliphatic carbocycles. The van der Waals surface area contributed by atoms with E-state index in [1.165, 1.54) is 4.90 Å². The van der Waals surface area contributed by atoms with Crippen LogP contribution in [-0.4, -0.2) is 83.7 Å². The van der Waals surface area contributed by atoms with Gasteiger partial charge in [-0.2, -0.15) is 0 Å². The molecule has 0 radical (unpaired) electrons. The van der Waals surface area contributed by atoms with Gasteiger partial charge in [-0.3, -0.25) is 0 Å². The summed E-state index contributed by atoms with van der Waals surface area (Å²) in [6.07, 6.45) is -0.841. The van der Waals surface area contributed by atoms with Crippen molar-refractivity contribution in [2.45, 2.75) is 18.6 Å². The number of likely N-dealkylation sites (tertiary alicyclic amines) is 1. The molecule has 2 N–H and O–H groups in total. The van der Waals surface area contributed by atoms with Gasteiger partial charge in [0.2, 0.25) is 0 Å². The minimum Gasteiger partial charge on any atom is -0.480 e. The molecule has 2 saturated heterocycles. The smallest absolute Gasteiger partial charge is 0.326 e. The van der Waals surface area contributed by atoms with Crippen LogP contribution in [0.3, 0.4) is 0 Å². The first-order chi connectivity index (χ1) is 8.80. The van der Waals surface area contributed by atoms with Crippen molar-refractivity contribution in [2.24, 2.45) is 0 Å². The molecule has 9 heteroatoms. The van der Waals surface area contributed by atoms with Crippen LogP contribution >= 0.6 is 0 Å². The number of sulfone groups is 1. The lowest BCUT2D eigenvalue weighted by atomic mass is 10.2. The molecule has 2 heterocycles. The Morgan fingerprint density at radius 2 is 1.74 bits per heavy atom. The van der Waals surface area contributed by atoms with E-state index in [0.29, 0.717) is 0 Å². The second kappa shape index (κ2) is 4.97. The van der Waals surface area contributed by atoms with Gasteiger partial charge in [0.1, 0.15) is 6.04 Å². The lowest BCUT2D eigenvalue weighted by Gasteiger charge is -2.32. The highest BCUT2D eigenvalue weighted by Crippen LogP contribution is 2.20. The number of aliphatic hydroxyl groups is 1. The summed E-state index contributed by atoms with van der Waals surface area (Å²) in [4.78, 5) is 25.6. The predicted molar refractivity (Wildman–Crippen MR) is 64.4 cm³/mol. The van der Waals surface area contributed by atoms with Crippen molar-refractivity contribution in [3.63, 3.8) is 0 Å². The van der Waals surface area contributed by atoms with Gasteiger partial charge in [-0.15, -0.1) is 0 Å². The Bertz CT molecular complexity index is 476. The zero-order valence-corrected chi connectivity index (χ0v) is 11.0. The van der Waals surface area contributed by atoms with Gasteiger partial charge in [-0.05, 0) is 0 Å². The van der Waals surface area contributed by atoms with E-state index in [2.05, 4.69) is 0 Å². The van der Waals surface area contributed by atoms with E-state index in [4.69, 9.17) is 5.11 Å². The fraction of sp³-hybridized carbons (Fsp3) is 0.800. The Hall–Kier alpha value is -1.35. The summed E-state index contributed by atoms with van der Waals surface area (Å²) in [6, 6.07) is -1.56. The average Bonchev–Trinajstić information content (AvgIpc) is 2.70. The number of hydrogen-bond donors (Lipinski definition) is 2. The molecule has 2 unspecified atom stereocenters. The summed E-state index contributed by atoms with van der Waals surface area (Å²) in [5, 5.41) is 18.5. The van der Waals surface area contributed by atoms with E-state index < -0.39 is 34.0 Å². The zero-order valence-electron chi connectivity index (χ0n) is 10.2. The third kappa shape index (κ3) is 2.98. The van der Waals surface area contributed by atoms with Crippen LogP contribution in [0.25, 0.3) is 0 Å². The molecule has 2 rings (SSSR count). The summed E-state index contributed by atoms with van der Waals surface area (Å²) in [7, 11) is -3.09. The Morgan fingerprint density at radius 3 is 2.26 bits per heavy atom. The highest BCUT2D eigenvalue weighted by Gasteiger charge is 2.41. The van der Waals surface area contributed by atoms with Crippen molar-refractivity contribution in [1.82, 2.24) is 9.80 Å². The number of carbonyl (C=O) groups excluding carboxylic acids is 1. The Morgan fingerprint density at radius 1 is 1.16 bits per heavy atom. The fourth-order valence-electron chi connectivity index (χ4n) is 2.34. The number of urea groups is 1. The number of aliphatic carboxylic acids is 1. The summed E-state index contributed by atoms with van der Waals surface area (Å²) in [6.45, 7) is 0.110. The van der Waals surface area contributed by atoms with Crippen LogP contribution in [0, 0.1) is 0 Å². The third-order valence-electron chi connectivity index (χ3n) is 3.42. The molecule has 0 aromatic rings. The van der Waals surface area contributed by atoms with Gasteiger partial charge >= 0.3 is 12.0 Å². The number of aliphatic hydroxyl groups excluding tert-OH is 1. The van der Waals surface area contributed by atoms with E-state index in [1.807, 2.05) is 0 Å². The van der Waals surface area contributed by atoms with Crippen molar-refractivity contribution in [3.8, 4) is 0 Å². The maximum absolute atomic E-state index is 12.2. The van der Waals surface area contributed by atoms with Gasteiger partial charge in [0, 0.05) is 26.1 Å². The minimum absolute atomic E-state index is 0.00715. The molecule has 108 valence electrons. The molecule has 2 fully saturated rings. The topological polar surface area (TPSA) is 115 Å². The molecular formula is C10H16N2O6S. The number of nitrogens with zero attached hydrogens (tertiary/aromatic N) is 2. The molecule has 2 atom stereocenters. The van der Waals surface area contributed by atoms with Crippen LogP contribution in [0.15, 0.2) is 0 Å². The van der Waals surface area contributed by atoms with Gasteiger partial charge in [-0.25, -0.2) is 18.0 Å². The van der Waals surface area contributed by atoms with Gasteiger partial charge in [0.05, 0.1) is 17.6 Å². The number of carbonyl (C=O) groups is 2. The SMILES string of the molecule is O=C(O)C1CC(O)CN1C(=O)N1CCS(=O)(=O)CC1. The first-order valence-corrected chi connectivity index (χ1v) is 7.79. The van der Waals surface area contributed by atoms with Gasteiger partial charge < -0.3 is 20.0 Å². The lowest BCUT2D eigenvalue weighted by molar-refractivity contribution is -0.141. The van der Waals surface area contributed by atoms with E-state index in [9.17, 15) is 23.1 Å². The number of amides is 2. The summed E-state index contributed by atoms with van der Waals surface area (Å²) in [5.74, 6) is -1.37. The molecule has 8 nitrogen and oxygen atoms in total. The second-order valence-corrected chi connectivity index (χ2v) is 7.12. The first-order valence-electron chi connectivity index (χ1n) is 5.97. The molecule has 0 saturated carbocycles. The molecule has 2 amide bonds. The van der Waals surface area contributed by atoms with Crippen LogP contribution in [0.4, 0.5) is 4.79 Å². The number of carboxylic acids is 1. The minimum atomic E-state index is -3.09. The molecule has 0 bridgehead atoms. The summed E-state index contributed by atoms with van der Waals surface area (Å²) in [5.41, 5.74) is 0. The van der Waals surface area contributed by atoms with Crippen molar-refractivity contribution in [1.29, 1.82) is 0 Å². The Balaban J connectivity index is 2.05. The largest absolute Gasteiger partial charge is 0.480 e. The summed E-state index contributed by atoms with van der Waals surface area (Å²) < 4.78 is 22.6. The number of hydrogen-bond acceptors (Lipinski definition) is 5. The number of carboxylic acid groups (broad SMARTS) is 1. The quantitative estimate of drug-likeness (QED) is 0.599. The monoisotopic (exact) mass is 292 g/mol. The third-order valence-corrected chi connectivity index (χ3v) is 5.03. The zero-order chi connectivity index (χ0) is 14.2. The van der Waals surface area contributed by atoms with Crippen molar-refractivity contribution in [3.05, 3.63) is 0 Å². The molecule has 2 aliphatic rings. The van der Waals surface area contributed by atoms with Gasteiger partial charge in [0.15, 0.2) is 9.84 Å². The van der Waals surface area contributed by atoms with Crippen molar-refractivity contribution in [2.75, 3.05) is 31.1 Å². The second-order valence-electron chi connectivity index (χ2n) is 4.82. The maximum atomic E-state index is 12.2. The van der Waals surface area contributed by atoms with Gasteiger partial charge in [-0.1, -0.05) is 0 Å². The number of β-amino-alcohol motifs (C(OH)–C–C–N with tert-alkyl or cyclic N) is 1. The molecule has 0 aromatic carbocycles. The van der Waals surface area contributed by atoms with E-state index in [1.54, 1.807) is 0 Å². The molecule has 2 aliphatic heterocycles. The summed E-state index contributed by atoms with van der Waals surface area (Å²) >= 11 is 0. The van der Waals surface area contributed by atoms with Crippen molar-refractivity contribution >= 4 is 21.8 Å². The Kier molecular flexibility index (Phi) is 3.68.